The van der Waals surface area contributed by atoms with E-state index in [-0.39, 0.29) is 31.0 Å². The van der Waals surface area contributed by atoms with Gasteiger partial charge in [-0.05, 0) is 25.5 Å². The maximum atomic E-state index is 14.2. The Bertz CT molecular complexity index is 1470. The van der Waals surface area contributed by atoms with Crippen LogP contribution >= 0.6 is 7.75 Å². The summed E-state index contributed by atoms with van der Waals surface area (Å²) in [7, 11) is -4.12. The third-order valence-electron chi connectivity index (χ3n) is 7.06. The van der Waals surface area contributed by atoms with E-state index in [9.17, 15) is 19.6 Å². The Kier molecular flexibility index (Phi) is 9.46. The van der Waals surface area contributed by atoms with E-state index in [2.05, 4.69) is 25.0 Å². The minimum atomic E-state index is -4.12. The highest BCUT2D eigenvalue weighted by atomic mass is 31.2. The second-order valence-electron chi connectivity index (χ2n) is 9.91. The molecule has 230 valence electrons. The Morgan fingerprint density at radius 1 is 1.02 bits per heavy atom. The Morgan fingerprint density at radius 3 is 2.31 bits per heavy atom. The molecule has 0 aromatic carbocycles. The number of ether oxygens (including phenoxy) is 2. The summed E-state index contributed by atoms with van der Waals surface area (Å²) in [6.07, 6.45) is 0.573. The number of nitrogens with one attached hydrogen (secondary N) is 1. The van der Waals surface area contributed by atoms with Gasteiger partial charge in [0, 0.05) is 25.6 Å². The molecule has 9 N–H and O–H groups in total. The molecular weight excluding hydrogens is 575 g/mol. The lowest BCUT2D eigenvalue weighted by atomic mass is 10.2. The number of aliphatic hydroxyl groups excluding tert-OH is 2. The quantitative estimate of drug-likeness (QED) is 0.100. The molecule has 19 heteroatoms. The molecule has 2 fully saturated rings. The molecule has 0 saturated carbocycles. The van der Waals surface area contributed by atoms with Gasteiger partial charge in [-0.3, -0.25) is 18.2 Å². The van der Waals surface area contributed by atoms with Crippen molar-refractivity contribution in [2.24, 2.45) is 5.73 Å². The minimum absolute atomic E-state index is 0.0514. The standard InChI is InChI=1S/C23H35N10O8P/c24-4-1-2-5-30-42(37,40-13-7-18(38-15(13)9-34)32-6-3-17(25)31-23(32)36)41-14-8-19(39-16(14)10-35)33-12-29-20-21(26)27-11-28-22(20)33/h3,6,11-16,18-19,34-35H,1-2,4-5,7-10,24H2,(H,30,37)(H2,25,31,36)(H2,26,27,28). The third-order valence-corrected chi connectivity index (χ3v) is 8.77. The fourth-order valence-corrected chi connectivity index (χ4v) is 6.75. The van der Waals surface area contributed by atoms with Gasteiger partial charge in [-0.2, -0.15) is 4.98 Å². The number of hydrogen-bond acceptors (Lipinski definition) is 15. The molecule has 7 atom stereocenters. The van der Waals surface area contributed by atoms with Crippen LogP contribution in [0.5, 0.6) is 0 Å². The Labute approximate surface area is 239 Å². The van der Waals surface area contributed by atoms with Gasteiger partial charge in [-0.1, -0.05) is 0 Å². The van der Waals surface area contributed by atoms with Gasteiger partial charge in [0.25, 0.3) is 0 Å². The van der Waals surface area contributed by atoms with E-state index in [1.54, 1.807) is 4.57 Å². The van der Waals surface area contributed by atoms with E-state index in [1.807, 2.05) is 0 Å². The average Bonchev–Trinajstić information content (AvgIpc) is 3.68. The minimum Gasteiger partial charge on any atom is -0.394 e. The van der Waals surface area contributed by atoms with Crippen LogP contribution in [0.15, 0.2) is 29.7 Å². The van der Waals surface area contributed by atoms with Gasteiger partial charge < -0.3 is 36.9 Å². The molecule has 18 nitrogen and oxygen atoms in total. The summed E-state index contributed by atoms with van der Waals surface area (Å²) in [6, 6.07) is 1.44. The molecule has 0 bridgehead atoms. The molecule has 42 heavy (non-hydrogen) atoms. The molecule has 2 aliphatic rings. The predicted molar refractivity (Wildman–Crippen MR) is 148 cm³/mol. The Balaban J connectivity index is 1.35. The topological polar surface area (TPSA) is 263 Å². The molecule has 5 heterocycles. The summed E-state index contributed by atoms with van der Waals surface area (Å²) < 4.78 is 41.0. The second-order valence-corrected chi connectivity index (χ2v) is 11.6. The number of nitrogens with zero attached hydrogens (tertiary/aromatic N) is 6. The van der Waals surface area contributed by atoms with E-state index >= 15 is 0 Å². The summed E-state index contributed by atoms with van der Waals surface area (Å²) in [5, 5.41) is 22.9. The fraction of sp³-hybridized carbons (Fsp3) is 0.609. The Morgan fingerprint density at radius 2 is 1.69 bits per heavy atom. The smallest absolute Gasteiger partial charge is 0.394 e. The number of unbranched alkanes of at least 4 members (excludes halogenated alkanes) is 1. The number of hydrogen-bond donors (Lipinski definition) is 6. The summed E-state index contributed by atoms with van der Waals surface area (Å²) >= 11 is 0. The molecule has 2 saturated heterocycles. The lowest BCUT2D eigenvalue weighted by Crippen LogP contribution is -2.33. The highest BCUT2D eigenvalue weighted by molar-refractivity contribution is 7.51. The van der Waals surface area contributed by atoms with Crippen LogP contribution < -0.4 is 28.0 Å². The van der Waals surface area contributed by atoms with Crippen molar-refractivity contribution in [2.45, 2.75) is 62.6 Å². The number of imidazole rings is 1. The zero-order valence-corrected chi connectivity index (χ0v) is 23.5. The average molecular weight is 611 g/mol. The molecule has 0 spiro atoms. The number of anilines is 2. The van der Waals surface area contributed by atoms with Crippen molar-refractivity contribution < 1.29 is 33.3 Å². The van der Waals surface area contributed by atoms with Crippen molar-refractivity contribution in [3.05, 3.63) is 35.4 Å². The van der Waals surface area contributed by atoms with Gasteiger partial charge in [-0.25, -0.2) is 29.4 Å². The molecule has 0 radical (unpaired) electrons. The van der Waals surface area contributed by atoms with Crippen LogP contribution in [0.2, 0.25) is 0 Å². The van der Waals surface area contributed by atoms with Crippen molar-refractivity contribution in [3.8, 4) is 0 Å². The van der Waals surface area contributed by atoms with Crippen LogP contribution in [0.4, 0.5) is 11.6 Å². The monoisotopic (exact) mass is 610 g/mol. The van der Waals surface area contributed by atoms with Crippen LogP contribution in [0.25, 0.3) is 11.2 Å². The lowest BCUT2D eigenvalue weighted by Gasteiger charge is -2.28. The summed E-state index contributed by atoms with van der Waals surface area (Å²) in [5.41, 5.74) is 17.3. The van der Waals surface area contributed by atoms with E-state index in [0.717, 1.165) is 0 Å². The zero-order valence-electron chi connectivity index (χ0n) is 22.6. The molecule has 3 aromatic rings. The van der Waals surface area contributed by atoms with Gasteiger partial charge in [0.1, 0.15) is 54.5 Å². The van der Waals surface area contributed by atoms with Crippen LogP contribution in [-0.4, -0.2) is 90.0 Å². The molecular formula is C23H35N10O8P. The molecule has 7 unspecified atom stereocenters. The Hall–Kier alpha value is -3.06. The fourth-order valence-electron chi connectivity index (χ4n) is 4.96. The summed E-state index contributed by atoms with van der Waals surface area (Å²) in [5.74, 6) is 0.255. The van der Waals surface area contributed by atoms with Gasteiger partial charge in [-0.15, -0.1) is 0 Å². The predicted octanol–water partition coefficient (Wildman–Crippen LogP) is -0.986. The normalized spacial score (nSPS) is 27.5. The molecule has 3 aromatic heterocycles. The highest BCUT2D eigenvalue weighted by Crippen LogP contribution is 2.52. The van der Waals surface area contributed by atoms with Gasteiger partial charge in [0.05, 0.1) is 19.5 Å². The molecule has 2 aliphatic heterocycles. The van der Waals surface area contributed by atoms with Gasteiger partial charge >= 0.3 is 13.4 Å². The maximum absolute atomic E-state index is 14.2. The van der Waals surface area contributed by atoms with Gasteiger partial charge in [0.2, 0.25) is 0 Å². The van der Waals surface area contributed by atoms with E-state index in [0.29, 0.717) is 30.6 Å². The molecule has 5 rings (SSSR count). The molecule has 0 amide bonds. The van der Waals surface area contributed by atoms with Crippen molar-refractivity contribution in [2.75, 3.05) is 37.8 Å². The third kappa shape index (κ3) is 6.46. The maximum Gasteiger partial charge on any atom is 0.406 e. The number of aliphatic hydroxyl groups is 2. The van der Waals surface area contributed by atoms with Crippen LogP contribution in [-0.2, 0) is 23.1 Å². The number of rotatable bonds is 13. The SMILES string of the molecule is NCCCCNP(=O)(OC1CC(n2ccc(N)nc2=O)OC1CO)OC1CC(n2cnc3c(N)ncnc32)OC1CO. The zero-order chi connectivity index (χ0) is 29.9. The van der Waals surface area contributed by atoms with Crippen molar-refractivity contribution >= 4 is 30.5 Å². The first-order valence-corrected chi connectivity index (χ1v) is 15.0. The first kappa shape index (κ1) is 30.4. The van der Waals surface area contributed by atoms with Crippen molar-refractivity contribution in [1.82, 2.24) is 34.2 Å². The van der Waals surface area contributed by atoms with E-state index in [1.165, 1.54) is 29.5 Å². The number of fused-ring (bicyclic) bond motifs is 1. The molecule has 0 aliphatic carbocycles. The second kappa shape index (κ2) is 13.1. The largest absolute Gasteiger partial charge is 0.406 e. The van der Waals surface area contributed by atoms with Crippen molar-refractivity contribution in [1.29, 1.82) is 0 Å². The van der Waals surface area contributed by atoms with Crippen LogP contribution in [0.3, 0.4) is 0 Å². The summed E-state index contributed by atoms with van der Waals surface area (Å²) in [4.78, 5) is 28.5. The van der Waals surface area contributed by atoms with Crippen LogP contribution in [0, 0.1) is 0 Å². The number of nitrogens with two attached hydrogens (primary N) is 3. The highest BCUT2D eigenvalue weighted by Gasteiger charge is 2.46. The van der Waals surface area contributed by atoms with Crippen molar-refractivity contribution in [3.63, 3.8) is 0 Å². The summed E-state index contributed by atoms with van der Waals surface area (Å²) in [6.45, 7) is -0.211. The lowest BCUT2D eigenvalue weighted by molar-refractivity contribution is -0.0516. The van der Waals surface area contributed by atoms with Gasteiger partial charge in [0.15, 0.2) is 11.5 Å². The van der Waals surface area contributed by atoms with Crippen LogP contribution in [0.1, 0.15) is 38.1 Å². The first-order valence-electron chi connectivity index (χ1n) is 13.5. The number of aromatic nitrogens is 6. The number of nitrogen functional groups attached to an aromatic ring is 2. The van der Waals surface area contributed by atoms with E-state index in [4.69, 9.17) is 35.7 Å². The first-order chi connectivity index (χ1) is 20.2. The van der Waals surface area contributed by atoms with E-state index < -0.39 is 63.5 Å².